The molecule has 2 aromatic heterocycles. The van der Waals surface area contributed by atoms with Crippen molar-refractivity contribution in [1.29, 1.82) is 0 Å². The summed E-state index contributed by atoms with van der Waals surface area (Å²) in [4.78, 5) is 0. The van der Waals surface area contributed by atoms with Crippen LogP contribution >= 0.6 is 0 Å². The number of hydrogen-bond donors (Lipinski definition) is 0. The van der Waals surface area contributed by atoms with Gasteiger partial charge in [-0.25, -0.2) is 0 Å². The van der Waals surface area contributed by atoms with Crippen molar-refractivity contribution in [3.8, 4) is 55.8 Å². The van der Waals surface area contributed by atoms with Gasteiger partial charge < -0.3 is 8.83 Å². The maximum absolute atomic E-state index is 9.22. The fourth-order valence-electron chi connectivity index (χ4n) is 7.92. The Labute approximate surface area is 323 Å². The zero-order chi connectivity index (χ0) is 42.6. The third-order valence-electron chi connectivity index (χ3n) is 10.3. The first-order chi connectivity index (χ1) is 30.1. The van der Waals surface area contributed by atoms with Crippen LogP contribution in [-0.4, -0.2) is 0 Å². The van der Waals surface area contributed by atoms with Gasteiger partial charge in [0.1, 0.15) is 22.5 Å². The van der Waals surface area contributed by atoms with Gasteiger partial charge in [0.2, 0.25) is 0 Å². The number of benzene rings is 9. The molecule has 0 N–H and O–H groups in total. The van der Waals surface area contributed by atoms with Gasteiger partial charge in [0.05, 0.1) is 16.4 Å². The van der Waals surface area contributed by atoms with E-state index in [0.717, 1.165) is 55.3 Å². The van der Waals surface area contributed by atoms with Crippen LogP contribution in [0, 0.1) is 0 Å². The van der Waals surface area contributed by atoms with Crippen LogP contribution in [0.2, 0.25) is 0 Å². The molecule has 252 valence electrons. The standard InChI is InChI=1S/C52H32O2/c1-4-14-34(15-5-1)47-39-20-10-12-22-41(39)48(42-23-13-11-21-40(42)47)36-26-24-33(25-27-36)38-28-29-43-46(32-38)53-45-31-30-44-49(35-16-6-2-7-17-35)51(54-52(44)50(43)45)37-18-8-3-9-19-37/h1-32H/i10D,11D,12D,13D,20D,21D,22D,23D. The Bertz CT molecular complexity index is 3560. The molecule has 2 heterocycles. The second kappa shape index (κ2) is 12.2. The SMILES string of the molecule is [2H]c1c([2H])c([2H])c2c(-c3ccc(-c4ccc5c(c4)oc4ccc6c(-c7ccccc7)c(-c7ccccc7)oc6c45)cc3)c3c([2H])c([2H])c([2H])c([2H])c3c(-c3ccccc3)c2c1[2H]. The van der Waals surface area contributed by atoms with E-state index in [1.54, 1.807) is 24.3 Å². The van der Waals surface area contributed by atoms with Gasteiger partial charge in [0.15, 0.2) is 0 Å². The zero-order valence-electron chi connectivity index (χ0n) is 36.7. The van der Waals surface area contributed by atoms with Gasteiger partial charge in [-0.15, -0.1) is 0 Å². The molecule has 0 aliphatic heterocycles. The van der Waals surface area contributed by atoms with Crippen molar-refractivity contribution in [3.05, 3.63) is 194 Å². The lowest BCUT2D eigenvalue weighted by Gasteiger charge is -2.18. The minimum atomic E-state index is -0.432. The highest BCUT2D eigenvalue weighted by atomic mass is 16.3. The average molecular weight is 697 g/mol. The molecule has 0 atom stereocenters. The van der Waals surface area contributed by atoms with Gasteiger partial charge in [-0.3, -0.25) is 0 Å². The molecule has 0 saturated carbocycles. The highest BCUT2D eigenvalue weighted by Gasteiger charge is 2.22. The molecule has 0 saturated heterocycles. The van der Waals surface area contributed by atoms with E-state index in [1.807, 2.05) is 103 Å². The van der Waals surface area contributed by atoms with Crippen molar-refractivity contribution in [2.45, 2.75) is 0 Å². The maximum Gasteiger partial charge on any atom is 0.147 e. The molecule has 0 fully saturated rings. The van der Waals surface area contributed by atoms with E-state index in [4.69, 9.17) is 17.1 Å². The van der Waals surface area contributed by atoms with Crippen LogP contribution in [-0.2, 0) is 0 Å². The topological polar surface area (TPSA) is 26.3 Å². The summed E-state index contributed by atoms with van der Waals surface area (Å²) in [5, 5.41) is 3.50. The Kier molecular flexibility index (Phi) is 5.30. The number of furan rings is 2. The van der Waals surface area contributed by atoms with E-state index >= 15 is 0 Å². The van der Waals surface area contributed by atoms with E-state index in [9.17, 15) is 2.74 Å². The van der Waals surface area contributed by atoms with Crippen molar-refractivity contribution in [3.63, 3.8) is 0 Å². The Morgan fingerprint density at radius 1 is 0.333 bits per heavy atom. The van der Waals surface area contributed by atoms with E-state index in [2.05, 4.69) is 18.2 Å². The Morgan fingerprint density at radius 2 is 0.796 bits per heavy atom. The Hall–Kier alpha value is -7.16. The Morgan fingerprint density at radius 3 is 1.37 bits per heavy atom. The molecule has 0 unspecified atom stereocenters. The summed E-state index contributed by atoms with van der Waals surface area (Å²) in [6, 6.07) is 44.0. The van der Waals surface area contributed by atoms with Gasteiger partial charge >= 0.3 is 0 Å². The predicted molar refractivity (Wildman–Crippen MR) is 226 cm³/mol. The van der Waals surface area contributed by atoms with E-state index in [-0.39, 0.29) is 45.7 Å². The monoisotopic (exact) mass is 696 g/mol. The summed E-state index contributed by atoms with van der Waals surface area (Å²) < 4.78 is 84.8. The van der Waals surface area contributed by atoms with Crippen molar-refractivity contribution >= 4 is 54.5 Å². The highest BCUT2D eigenvalue weighted by Crippen LogP contribution is 2.47. The molecule has 2 nitrogen and oxygen atoms in total. The molecule has 0 amide bonds. The predicted octanol–water partition coefficient (Wildman–Crippen LogP) is 15.0. The van der Waals surface area contributed by atoms with Crippen molar-refractivity contribution in [1.82, 2.24) is 0 Å². The molecular formula is C52H32O2. The minimum absolute atomic E-state index is 0.180. The lowest BCUT2D eigenvalue weighted by atomic mass is 9.86. The lowest BCUT2D eigenvalue weighted by molar-refractivity contribution is 0.634. The van der Waals surface area contributed by atoms with Crippen LogP contribution in [0.4, 0.5) is 0 Å². The molecule has 0 bridgehead atoms. The first-order valence-corrected chi connectivity index (χ1v) is 17.8. The molecule has 54 heavy (non-hydrogen) atoms. The van der Waals surface area contributed by atoms with E-state index < -0.39 is 24.2 Å². The average Bonchev–Trinajstić information content (AvgIpc) is 3.90. The first kappa shape index (κ1) is 23.4. The quantitative estimate of drug-likeness (QED) is 0.167. The van der Waals surface area contributed by atoms with Crippen LogP contribution in [0.3, 0.4) is 0 Å². The van der Waals surface area contributed by atoms with E-state index in [1.165, 1.54) is 0 Å². The molecule has 11 rings (SSSR count). The highest BCUT2D eigenvalue weighted by molar-refractivity contribution is 6.22. The molecule has 0 aliphatic rings. The van der Waals surface area contributed by atoms with Gasteiger partial charge in [-0.05, 0) is 84.8 Å². The third kappa shape index (κ3) is 4.74. The van der Waals surface area contributed by atoms with Gasteiger partial charge in [-0.2, -0.15) is 0 Å². The minimum Gasteiger partial charge on any atom is -0.456 e. The van der Waals surface area contributed by atoms with Crippen molar-refractivity contribution in [2.24, 2.45) is 0 Å². The van der Waals surface area contributed by atoms with Crippen LogP contribution in [0.25, 0.3) is 110 Å². The molecule has 9 aromatic carbocycles. The van der Waals surface area contributed by atoms with Crippen LogP contribution in [0.5, 0.6) is 0 Å². The Balaban J connectivity index is 1.10. The first-order valence-electron chi connectivity index (χ1n) is 21.8. The van der Waals surface area contributed by atoms with Crippen LogP contribution in [0.1, 0.15) is 11.0 Å². The summed E-state index contributed by atoms with van der Waals surface area (Å²) in [5.41, 5.74) is 8.60. The van der Waals surface area contributed by atoms with Crippen molar-refractivity contribution in [2.75, 3.05) is 0 Å². The summed E-state index contributed by atoms with van der Waals surface area (Å²) in [6.07, 6.45) is 0. The van der Waals surface area contributed by atoms with Crippen molar-refractivity contribution < 1.29 is 19.8 Å². The molecule has 0 radical (unpaired) electrons. The van der Waals surface area contributed by atoms with Crippen LogP contribution in [0.15, 0.2) is 203 Å². The second-order valence-electron chi connectivity index (χ2n) is 13.4. The lowest BCUT2D eigenvalue weighted by Crippen LogP contribution is -1.90. The molecule has 2 heteroatoms. The summed E-state index contributed by atoms with van der Waals surface area (Å²) in [5.74, 6) is 0.784. The molecule has 11 aromatic rings. The van der Waals surface area contributed by atoms with Gasteiger partial charge in [-0.1, -0.05) is 170 Å². The fourth-order valence-corrected chi connectivity index (χ4v) is 7.92. The zero-order valence-corrected chi connectivity index (χ0v) is 28.7. The number of hydrogen-bond acceptors (Lipinski definition) is 2. The summed E-state index contributed by atoms with van der Waals surface area (Å²) >= 11 is 0. The molecule has 0 aliphatic carbocycles. The maximum atomic E-state index is 9.22. The summed E-state index contributed by atoms with van der Waals surface area (Å²) in [7, 11) is 0. The fraction of sp³-hybridized carbons (Fsp3) is 0. The summed E-state index contributed by atoms with van der Waals surface area (Å²) in [6.45, 7) is 0. The van der Waals surface area contributed by atoms with Crippen LogP contribution < -0.4 is 0 Å². The number of rotatable bonds is 5. The van der Waals surface area contributed by atoms with E-state index in [0.29, 0.717) is 33.4 Å². The largest absolute Gasteiger partial charge is 0.456 e. The second-order valence-corrected chi connectivity index (χ2v) is 13.4. The molecular weight excluding hydrogens is 657 g/mol. The van der Waals surface area contributed by atoms with Gasteiger partial charge in [0.25, 0.3) is 0 Å². The van der Waals surface area contributed by atoms with Gasteiger partial charge in [0, 0.05) is 21.9 Å². The third-order valence-corrected chi connectivity index (χ3v) is 10.3. The smallest absolute Gasteiger partial charge is 0.147 e. The molecule has 0 spiro atoms. The number of fused-ring (bicyclic) bond motifs is 7. The normalized spacial score (nSPS) is 13.8.